The number of nitrogens with one attached hydrogen (secondary N) is 1. The van der Waals surface area contributed by atoms with Gasteiger partial charge in [-0.3, -0.25) is 0 Å². The maximum absolute atomic E-state index is 11.6. The molecule has 0 saturated heterocycles. The number of benzene rings is 1. The fourth-order valence-electron chi connectivity index (χ4n) is 1.55. The van der Waals surface area contributed by atoms with E-state index in [0.717, 1.165) is 5.56 Å². The number of halogens is 2. The Balaban J connectivity index is 2.95. The van der Waals surface area contributed by atoms with Crippen LogP contribution in [0, 0.1) is 0 Å². The van der Waals surface area contributed by atoms with Crippen LogP contribution >= 0.6 is 23.2 Å². The zero-order chi connectivity index (χ0) is 14.4. The number of hydrogen-bond donors (Lipinski definition) is 1. The summed E-state index contributed by atoms with van der Waals surface area (Å²) >= 11 is 12.1. The summed E-state index contributed by atoms with van der Waals surface area (Å²) in [7, 11) is 1.80. The number of hydrogen-bond acceptors (Lipinski definition) is 4. The van der Waals surface area contributed by atoms with Crippen LogP contribution in [0.15, 0.2) is 12.1 Å². The summed E-state index contributed by atoms with van der Waals surface area (Å²) in [6.45, 7) is 4.20. The highest BCUT2D eigenvalue weighted by Gasteiger charge is 2.19. The van der Waals surface area contributed by atoms with Gasteiger partial charge >= 0.3 is 5.97 Å². The lowest BCUT2D eigenvalue weighted by Gasteiger charge is -2.18. The molecule has 0 spiro atoms. The lowest BCUT2D eigenvalue weighted by atomic mass is 10.2. The molecule has 1 aromatic carbocycles. The summed E-state index contributed by atoms with van der Waals surface area (Å²) in [4.78, 5) is 11.6. The van der Waals surface area contributed by atoms with Crippen molar-refractivity contribution in [1.29, 1.82) is 0 Å². The molecule has 1 unspecified atom stereocenters. The van der Waals surface area contributed by atoms with Gasteiger partial charge in [-0.1, -0.05) is 23.2 Å². The lowest BCUT2D eigenvalue weighted by Crippen LogP contribution is -2.27. The van der Waals surface area contributed by atoms with Gasteiger partial charge < -0.3 is 14.8 Å². The molecule has 0 heterocycles. The van der Waals surface area contributed by atoms with Gasteiger partial charge in [0.2, 0.25) is 0 Å². The maximum atomic E-state index is 11.6. The quantitative estimate of drug-likeness (QED) is 0.821. The molecule has 106 valence electrons. The van der Waals surface area contributed by atoms with Crippen molar-refractivity contribution in [3.05, 3.63) is 27.7 Å². The SMILES string of the molecule is CCOC(=O)C(C)Oc1c(Cl)cc(Cl)cc1CNC. The summed E-state index contributed by atoms with van der Waals surface area (Å²) in [5, 5.41) is 3.88. The van der Waals surface area contributed by atoms with Gasteiger partial charge in [0.25, 0.3) is 0 Å². The Hall–Kier alpha value is -0.970. The van der Waals surface area contributed by atoms with Gasteiger partial charge in [-0.2, -0.15) is 0 Å². The summed E-state index contributed by atoms with van der Waals surface area (Å²) in [5.74, 6) is 0.0184. The van der Waals surface area contributed by atoms with E-state index in [1.807, 2.05) is 0 Å². The van der Waals surface area contributed by atoms with Gasteiger partial charge in [0.05, 0.1) is 11.6 Å². The molecule has 1 aromatic rings. The maximum Gasteiger partial charge on any atom is 0.347 e. The first-order valence-electron chi connectivity index (χ1n) is 5.95. The topological polar surface area (TPSA) is 47.6 Å². The minimum absolute atomic E-state index is 0.310. The molecule has 1 N–H and O–H groups in total. The summed E-state index contributed by atoms with van der Waals surface area (Å²) in [5.41, 5.74) is 0.788. The number of carbonyl (C=O) groups is 1. The third-order valence-corrected chi connectivity index (χ3v) is 2.86. The van der Waals surface area contributed by atoms with Crippen molar-refractivity contribution in [3.63, 3.8) is 0 Å². The predicted molar refractivity (Wildman–Crippen MR) is 75.9 cm³/mol. The molecule has 19 heavy (non-hydrogen) atoms. The molecule has 0 saturated carbocycles. The van der Waals surface area contributed by atoms with Crippen LogP contribution in [0.3, 0.4) is 0 Å². The van der Waals surface area contributed by atoms with E-state index >= 15 is 0 Å². The summed E-state index contributed by atoms with van der Waals surface area (Å²) < 4.78 is 10.5. The zero-order valence-corrected chi connectivity index (χ0v) is 12.6. The Morgan fingerprint density at radius 1 is 1.42 bits per heavy atom. The molecule has 0 aliphatic heterocycles. The van der Waals surface area contributed by atoms with Gasteiger partial charge in [-0.25, -0.2) is 4.79 Å². The van der Waals surface area contributed by atoms with Crippen molar-refractivity contribution in [1.82, 2.24) is 5.32 Å². The Kier molecular flexibility index (Phi) is 6.42. The lowest BCUT2D eigenvalue weighted by molar-refractivity contribution is -0.150. The van der Waals surface area contributed by atoms with Crippen LogP contribution in [0.4, 0.5) is 0 Å². The molecule has 1 atom stereocenters. The van der Waals surface area contributed by atoms with Crippen molar-refractivity contribution in [2.75, 3.05) is 13.7 Å². The van der Waals surface area contributed by atoms with Crippen LogP contribution in [0.1, 0.15) is 19.4 Å². The van der Waals surface area contributed by atoms with Gasteiger partial charge in [0.1, 0.15) is 5.75 Å². The summed E-state index contributed by atoms with van der Waals surface area (Å²) in [6.07, 6.45) is -0.728. The van der Waals surface area contributed by atoms with E-state index in [2.05, 4.69) is 5.32 Å². The Morgan fingerprint density at radius 2 is 2.11 bits per heavy atom. The molecule has 0 aliphatic carbocycles. The Labute approximate surface area is 123 Å². The Morgan fingerprint density at radius 3 is 2.68 bits per heavy atom. The van der Waals surface area contributed by atoms with E-state index < -0.39 is 12.1 Å². The van der Waals surface area contributed by atoms with E-state index in [0.29, 0.717) is 28.9 Å². The van der Waals surface area contributed by atoms with Crippen molar-refractivity contribution in [2.24, 2.45) is 0 Å². The first-order valence-corrected chi connectivity index (χ1v) is 6.71. The minimum atomic E-state index is -0.728. The fourth-order valence-corrected chi connectivity index (χ4v) is 2.13. The minimum Gasteiger partial charge on any atom is -0.477 e. The van der Waals surface area contributed by atoms with Crippen LogP contribution < -0.4 is 10.1 Å². The molecule has 6 heteroatoms. The number of ether oxygens (including phenoxy) is 2. The summed E-state index contributed by atoms with van der Waals surface area (Å²) in [6, 6.07) is 3.33. The number of esters is 1. The van der Waals surface area contributed by atoms with Gasteiger partial charge in [-0.15, -0.1) is 0 Å². The predicted octanol–water partition coefficient (Wildman–Crippen LogP) is 3.04. The molecule has 4 nitrogen and oxygen atoms in total. The molecule has 1 rings (SSSR count). The third-order valence-electron chi connectivity index (χ3n) is 2.37. The molecule has 0 amide bonds. The average molecular weight is 306 g/mol. The van der Waals surface area contributed by atoms with Crippen molar-refractivity contribution < 1.29 is 14.3 Å². The highest BCUT2D eigenvalue weighted by molar-refractivity contribution is 6.35. The molecular weight excluding hydrogens is 289 g/mol. The molecule has 0 aromatic heterocycles. The van der Waals surface area contributed by atoms with Gasteiger partial charge in [0.15, 0.2) is 6.10 Å². The standard InChI is InChI=1S/C13H17Cl2NO3/c1-4-18-13(17)8(2)19-12-9(7-16-3)5-10(14)6-11(12)15/h5-6,8,16H,4,7H2,1-3H3. The van der Waals surface area contributed by atoms with Crippen LogP contribution in [-0.2, 0) is 16.1 Å². The van der Waals surface area contributed by atoms with Crippen molar-refractivity contribution >= 4 is 29.2 Å². The normalized spacial score (nSPS) is 12.1. The van der Waals surface area contributed by atoms with Gasteiger partial charge in [0, 0.05) is 17.1 Å². The van der Waals surface area contributed by atoms with Gasteiger partial charge in [-0.05, 0) is 33.0 Å². The first-order chi connectivity index (χ1) is 8.99. The molecule has 0 fully saturated rings. The molecule has 0 radical (unpaired) electrons. The molecular formula is C13H17Cl2NO3. The van der Waals surface area contributed by atoms with Crippen LogP contribution in [0.25, 0.3) is 0 Å². The smallest absolute Gasteiger partial charge is 0.347 e. The highest BCUT2D eigenvalue weighted by atomic mass is 35.5. The van der Waals surface area contributed by atoms with E-state index in [1.54, 1.807) is 33.0 Å². The highest BCUT2D eigenvalue weighted by Crippen LogP contribution is 2.33. The van der Waals surface area contributed by atoms with Crippen molar-refractivity contribution in [3.8, 4) is 5.75 Å². The Bertz CT molecular complexity index is 452. The first kappa shape index (κ1) is 16.1. The fraction of sp³-hybridized carbons (Fsp3) is 0.462. The van der Waals surface area contributed by atoms with Crippen molar-refractivity contribution in [2.45, 2.75) is 26.5 Å². The molecule has 0 aliphatic rings. The van der Waals surface area contributed by atoms with Crippen LogP contribution in [-0.4, -0.2) is 25.7 Å². The second kappa shape index (κ2) is 7.58. The monoisotopic (exact) mass is 305 g/mol. The second-order valence-electron chi connectivity index (χ2n) is 3.92. The second-order valence-corrected chi connectivity index (χ2v) is 4.76. The zero-order valence-electron chi connectivity index (χ0n) is 11.1. The number of carbonyl (C=O) groups excluding carboxylic acids is 1. The van der Waals surface area contributed by atoms with E-state index in [-0.39, 0.29) is 0 Å². The van der Waals surface area contributed by atoms with E-state index in [9.17, 15) is 4.79 Å². The average Bonchev–Trinajstić information content (AvgIpc) is 2.33. The largest absolute Gasteiger partial charge is 0.477 e. The van der Waals surface area contributed by atoms with Crippen LogP contribution in [0.5, 0.6) is 5.75 Å². The third kappa shape index (κ3) is 4.56. The van der Waals surface area contributed by atoms with E-state index in [1.165, 1.54) is 0 Å². The number of rotatable bonds is 6. The molecule has 0 bridgehead atoms. The van der Waals surface area contributed by atoms with E-state index in [4.69, 9.17) is 32.7 Å². The van der Waals surface area contributed by atoms with Crippen LogP contribution in [0.2, 0.25) is 10.0 Å².